The number of aromatic nitrogens is 2. The van der Waals surface area contributed by atoms with Gasteiger partial charge in [-0.3, -0.25) is 4.98 Å². The summed E-state index contributed by atoms with van der Waals surface area (Å²) in [5, 5.41) is 0.861. The van der Waals surface area contributed by atoms with Gasteiger partial charge in [-0.2, -0.15) is 0 Å². The normalized spacial score (nSPS) is 10.2. The first-order chi connectivity index (χ1) is 8.60. The molecule has 0 fully saturated rings. The van der Waals surface area contributed by atoms with Crippen LogP contribution >= 0.6 is 35.4 Å². The summed E-state index contributed by atoms with van der Waals surface area (Å²) >= 11 is 16.6. The fourth-order valence-electron chi connectivity index (χ4n) is 1.25. The smallest absolute Gasteiger partial charge is 0.243 e. The van der Waals surface area contributed by atoms with Crippen molar-refractivity contribution in [2.45, 2.75) is 0 Å². The van der Waals surface area contributed by atoms with Gasteiger partial charge in [0.2, 0.25) is 5.88 Å². The van der Waals surface area contributed by atoms with Crippen LogP contribution in [0.3, 0.4) is 0 Å². The number of nitrogens with one attached hydrogen (secondary N) is 1. The molecule has 0 aliphatic rings. The number of halogens is 2. The molecule has 4 nitrogen and oxygen atoms in total. The van der Waals surface area contributed by atoms with Gasteiger partial charge in [-0.15, -0.1) is 0 Å². The zero-order valence-electron chi connectivity index (χ0n) is 9.24. The Labute approximate surface area is 118 Å². The molecule has 1 N–H and O–H groups in total. The summed E-state index contributed by atoms with van der Waals surface area (Å²) in [6, 6.07) is 4.92. The summed E-state index contributed by atoms with van der Waals surface area (Å²) in [7, 11) is 1.51. The summed E-state index contributed by atoms with van der Waals surface area (Å²) in [6.45, 7) is 0. The molecule has 2 aromatic rings. The van der Waals surface area contributed by atoms with Gasteiger partial charge in [0.25, 0.3) is 0 Å². The van der Waals surface area contributed by atoms with Crippen LogP contribution in [-0.2, 0) is 0 Å². The molecule has 0 spiro atoms. The lowest BCUT2D eigenvalue weighted by Gasteiger charge is -2.09. The van der Waals surface area contributed by atoms with E-state index in [-0.39, 0.29) is 0 Å². The van der Waals surface area contributed by atoms with Gasteiger partial charge in [0.15, 0.2) is 10.5 Å². The van der Waals surface area contributed by atoms with Gasteiger partial charge in [0, 0.05) is 6.07 Å². The summed E-state index contributed by atoms with van der Waals surface area (Å²) in [4.78, 5) is 6.68. The van der Waals surface area contributed by atoms with Gasteiger partial charge in [-0.1, -0.05) is 23.2 Å². The van der Waals surface area contributed by atoms with Crippen molar-refractivity contribution in [2.24, 2.45) is 0 Å². The highest BCUT2D eigenvalue weighted by molar-refractivity contribution is 7.71. The molecule has 18 heavy (non-hydrogen) atoms. The largest absolute Gasteiger partial charge is 0.490 e. The van der Waals surface area contributed by atoms with Crippen molar-refractivity contribution >= 4 is 35.4 Å². The van der Waals surface area contributed by atoms with Crippen molar-refractivity contribution in [3.05, 3.63) is 39.2 Å². The third-order valence-corrected chi connectivity index (χ3v) is 3.02. The van der Waals surface area contributed by atoms with E-state index in [1.807, 2.05) is 0 Å². The third-order valence-electron chi connectivity index (χ3n) is 2.07. The van der Waals surface area contributed by atoms with Crippen LogP contribution in [0, 0.1) is 4.77 Å². The molecule has 0 radical (unpaired) electrons. The Morgan fingerprint density at radius 1 is 1.28 bits per heavy atom. The van der Waals surface area contributed by atoms with Gasteiger partial charge in [-0.05, 0) is 24.4 Å². The van der Waals surface area contributed by atoms with Gasteiger partial charge in [0.05, 0.1) is 23.4 Å². The van der Waals surface area contributed by atoms with Crippen LogP contribution in [0.15, 0.2) is 24.4 Å². The van der Waals surface area contributed by atoms with Crippen molar-refractivity contribution in [2.75, 3.05) is 7.11 Å². The number of H-pyrrole nitrogens is 1. The highest BCUT2D eigenvalue weighted by atomic mass is 35.5. The maximum atomic E-state index is 5.90. The van der Waals surface area contributed by atoms with Crippen molar-refractivity contribution < 1.29 is 9.47 Å². The highest BCUT2D eigenvalue weighted by Gasteiger charge is 2.08. The molecule has 0 aliphatic heterocycles. The zero-order chi connectivity index (χ0) is 13.1. The van der Waals surface area contributed by atoms with Crippen molar-refractivity contribution in [3.63, 3.8) is 0 Å². The van der Waals surface area contributed by atoms with Gasteiger partial charge in [-0.25, -0.2) is 4.98 Å². The average molecular weight is 303 g/mol. The Hall–Kier alpha value is -1.30. The maximum Gasteiger partial charge on any atom is 0.243 e. The minimum atomic E-state index is 0.297. The van der Waals surface area contributed by atoms with Crippen LogP contribution in [0.2, 0.25) is 10.0 Å². The van der Waals surface area contributed by atoms with E-state index in [2.05, 4.69) is 9.97 Å². The summed E-state index contributed by atoms with van der Waals surface area (Å²) in [5.41, 5.74) is 0. The molecule has 0 saturated carbocycles. The number of hydrogen-bond donors (Lipinski definition) is 1. The number of benzene rings is 1. The second-order valence-corrected chi connectivity index (χ2v) is 4.46. The zero-order valence-corrected chi connectivity index (χ0v) is 11.6. The Morgan fingerprint density at radius 3 is 2.72 bits per heavy atom. The predicted molar refractivity (Wildman–Crippen MR) is 72.5 cm³/mol. The SMILES string of the molecule is COc1cnc(=S)[nH]c1Oc1ccc(Cl)c(Cl)c1. The van der Waals surface area contributed by atoms with Gasteiger partial charge in [0.1, 0.15) is 5.75 Å². The predicted octanol–water partition coefficient (Wildman–Crippen LogP) is 4.25. The molecular weight excluding hydrogens is 295 g/mol. The molecule has 0 amide bonds. The molecular formula is C11H8Cl2N2O2S. The molecule has 1 aromatic heterocycles. The van der Waals surface area contributed by atoms with Crippen molar-refractivity contribution in [1.82, 2.24) is 9.97 Å². The van der Waals surface area contributed by atoms with E-state index in [0.717, 1.165) is 0 Å². The van der Waals surface area contributed by atoms with E-state index >= 15 is 0 Å². The summed E-state index contributed by atoms with van der Waals surface area (Å²) in [6.07, 6.45) is 1.48. The minimum absolute atomic E-state index is 0.297. The number of methoxy groups -OCH3 is 1. The lowest BCUT2D eigenvalue weighted by Crippen LogP contribution is -1.95. The molecule has 94 valence electrons. The lowest BCUT2D eigenvalue weighted by molar-refractivity contribution is 0.366. The minimum Gasteiger partial charge on any atom is -0.490 e. The first-order valence-electron chi connectivity index (χ1n) is 4.86. The highest BCUT2D eigenvalue weighted by Crippen LogP contribution is 2.32. The second-order valence-electron chi connectivity index (χ2n) is 3.26. The molecule has 0 unspecified atom stereocenters. The van der Waals surface area contributed by atoms with E-state index in [4.69, 9.17) is 44.9 Å². The molecule has 1 heterocycles. The van der Waals surface area contributed by atoms with Crippen molar-refractivity contribution in [1.29, 1.82) is 0 Å². The fourth-order valence-corrected chi connectivity index (χ4v) is 1.68. The van der Waals surface area contributed by atoms with Crippen LogP contribution < -0.4 is 9.47 Å². The summed E-state index contributed by atoms with van der Waals surface area (Å²) in [5.74, 6) is 1.31. The molecule has 7 heteroatoms. The third kappa shape index (κ3) is 2.93. The topological polar surface area (TPSA) is 47.1 Å². The van der Waals surface area contributed by atoms with Crippen LogP contribution in [-0.4, -0.2) is 17.1 Å². The Balaban J connectivity index is 2.35. The quantitative estimate of drug-likeness (QED) is 0.861. The molecule has 0 atom stereocenters. The summed E-state index contributed by atoms with van der Waals surface area (Å²) < 4.78 is 11.0. The monoisotopic (exact) mass is 302 g/mol. The number of nitrogens with zero attached hydrogens (tertiary/aromatic N) is 1. The van der Waals surface area contributed by atoms with Crippen molar-refractivity contribution in [3.8, 4) is 17.4 Å². The standard InChI is InChI=1S/C11H8Cl2N2O2S/c1-16-9-5-14-11(18)15-10(9)17-6-2-3-7(12)8(13)4-6/h2-5H,1H3,(H,14,15,18). The number of hydrogen-bond acceptors (Lipinski definition) is 4. The van der Waals surface area contributed by atoms with Gasteiger partial charge >= 0.3 is 0 Å². The first kappa shape index (κ1) is 13.1. The van der Waals surface area contributed by atoms with Crippen LogP contribution in [0.25, 0.3) is 0 Å². The van der Waals surface area contributed by atoms with E-state index in [0.29, 0.717) is 32.2 Å². The molecule has 2 rings (SSSR count). The number of rotatable bonds is 3. The first-order valence-corrected chi connectivity index (χ1v) is 6.03. The molecule has 0 bridgehead atoms. The van der Waals surface area contributed by atoms with Crippen LogP contribution in [0.5, 0.6) is 17.4 Å². The van der Waals surface area contributed by atoms with E-state index in [1.54, 1.807) is 18.2 Å². The Morgan fingerprint density at radius 2 is 2.06 bits per heavy atom. The van der Waals surface area contributed by atoms with Crippen LogP contribution in [0.1, 0.15) is 0 Å². The van der Waals surface area contributed by atoms with E-state index in [1.165, 1.54) is 13.3 Å². The number of aromatic amines is 1. The maximum absolute atomic E-state index is 5.90. The molecule has 0 saturated heterocycles. The fraction of sp³-hybridized carbons (Fsp3) is 0.0909. The lowest BCUT2D eigenvalue weighted by atomic mass is 10.3. The number of ether oxygens (including phenoxy) is 2. The second kappa shape index (κ2) is 5.56. The van der Waals surface area contributed by atoms with E-state index in [9.17, 15) is 0 Å². The van der Waals surface area contributed by atoms with E-state index < -0.39 is 0 Å². The Kier molecular flexibility index (Phi) is 4.06. The average Bonchev–Trinajstić information content (AvgIpc) is 2.34. The Bertz CT molecular complexity index is 631. The molecule has 1 aromatic carbocycles. The van der Waals surface area contributed by atoms with Gasteiger partial charge < -0.3 is 9.47 Å². The van der Waals surface area contributed by atoms with Crippen LogP contribution in [0.4, 0.5) is 0 Å². The molecule has 0 aliphatic carbocycles.